The SMILES string of the molecule is COCCc1noc(CN(C)[C@H]2CCOC2)n1. The van der Waals surface area contributed by atoms with Crippen LogP contribution in [0.1, 0.15) is 18.1 Å². The maximum Gasteiger partial charge on any atom is 0.240 e. The van der Waals surface area contributed by atoms with E-state index in [0.717, 1.165) is 19.6 Å². The number of hydrogen-bond donors (Lipinski definition) is 0. The summed E-state index contributed by atoms with van der Waals surface area (Å²) in [5, 5.41) is 3.91. The lowest BCUT2D eigenvalue weighted by atomic mass is 10.2. The van der Waals surface area contributed by atoms with E-state index < -0.39 is 0 Å². The van der Waals surface area contributed by atoms with E-state index in [1.54, 1.807) is 7.11 Å². The highest BCUT2D eigenvalue weighted by Crippen LogP contribution is 2.13. The predicted octanol–water partition coefficient (Wildman–Crippen LogP) is 0.479. The van der Waals surface area contributed by atoms with E-state index in [1.807, 2.05) is 0 Å². The molecule has 0 N–H and O–H groups in total. The van der Waals surface area contributed by atoms with E-state index in [1.165, 1.54) is 0 Å². The fourth-order valence-electron chi connectivity index (χ4n) is 1.86. The third-order valence-electron chi connectivity index (χ3n) is 2.95. The van der Waals surface area contributed by atoms with Gasteiger partial charge in [0.15, 0.2) is 5.82 Å². The Balaban J connectivity index is 1.83. The van der Waals surface area contributed by atoms with Crippen LogP contribution in [0, 0.1) is 0 Å². The minimum Gasteiger partial charge on any atom is -0.384 e. The summed E-state index contributed by atoms with van der Waals surface area (Å²) in [6, 6.07) is 0.462. The first kappa shape index (κ1) is 12.5. The first-order chi connectivity index (χ1) is 8.29. The van der Waals surface area contributed by atoms with Crippen molar-refractivity contribution in [1.29, 1.82) is 0 Å². The molecule has 0 radical (unpaired) electrons. The summed E-state index contributed by atoms with van der Waals surface area (Å²) in [7, 11) is 3.72. The van der Waals surface area contributed by atoms with Crippen molar-refractivity contribution in [2.45, 2.75) is 25.4 Å². The van der Waals surface area contributed by atoms with Crippen LogP contribution in [-0.4, -0.2) is 55.1 Å². The average molecular weight is 241 g/mol. The zero-order valence-electron chi connectivity index (χ0n) is 10.4. The Labute approximate surface area is 101 Å². The topological polar surface area (TPSA) is 60.6 Å². The van der Waals surface area contributed by atoms with Gasteiger partial charge in [0.1, 0.15) is 0 Å². The van der Waals surface area contributed by atoms with Gasteiger partial charge in [-0.1, -0.05) is 5.16 Å². The molecule has 1 aliphatic rings. The van der Waals surface area contributed by atoms with Crippen molar-refractivity contribution in [3.05, 3.63) is 11.7 Å². The fraction of sp³-hybridized carbons (Fsp3) is 0.818. The normalized spacial score (nSPS) is 20.3. The van der Waals surface area contributed by atoms with Crippen molar-refractivity contribution in [3.63, 3.8) is 0 Å². The number of likely N-dealkylation sites (N-methyl/N-ethyl adjacent to an activating group) is 1. The molecule has 6 heteroatoms. The van der Waals surface area contributed by atoms with Crippen LogP contribution in [0.4, 0.5) is 0 Å². The molecule has 0 aromatic carbocycles. The van der Waals surface area contributed by atoms with Crippen LogP contribution in [-0.2, 0) is 22.4 Å². The third-order valence-corrected chi connectivity index (χ3v) is 2.95. The number of rotatable bonds is 6. The second kappa shape index (κ2) is 6.09. The Bertz CT molecular complexity index is 336. The van der Waals surface area contributed by atoms with Gasteiger partial charge in [-0.15, -0.1) is 0 Å². The molecule has 0 amide bonds. The molecule has 1 fully saturated rings. The number of nitrogens with zero attached hydrogens (tertiary/aromatic N) is 3. The lowest BCUT2D eigenvalue weighted by Crippen LogP contribution is -2.31. The highest BCUT2D eigenvalue weighted by molar-refractivity contribution is 4.87. The first-order valence-electron chi connectivity index (χ1n) is 5.88. The van der Waals surface area contributed by atoms with E-state index in [4.69, 9.17) is 14.0 Å². The van der Waals surface area contributed by atoms with Crippen molar-refractivity contribution in [1.82, 2.24) is 15.0 Å². The van der Waals surface area contributed by atoms with Gasteiger partial charge in [-0.2, -0.15) is 4.98 Å². The molecule has 0 unspecified atom stereocenters. The van der Waals surface area contributed by atoms with Crippen molar-refractivity contribution in [3.8, 4) is 0 Å². The molecule has 0 bridgehead atoms. The Hall–Kier alpha value is -0.980. The Morgan fingerprint density at radius 1 is 1.53 bits per heavy atom. The summed E-state index contributed by atoms with van der Waals surface area (Å²) in [4.78, 5) is 6.51. The lowest BCUT2D eigenvalue weighted by Gasteiger charge is -2.20. The molecule has 96 valence electrons. The maximum atomic E-state index is 5.35. The van der Waals surface area contributed by atoms with E-state index in [-0.39, 0.29) is 0 Å². The van der Waals surface area contributed by atoms with Crippen LogP contribution >= 0.6 is 0 Å². The molecule has 0 saturated carbocycles. The number of aromatic nitrogens is 2. The predicted molar refractivity (Wildman–Crippen MR) is 60.6 cm³/mol. The largest absolute Gasteiger partial charge is 0.384 e. The van der Waals surface area contributed by atoms with Crippen LogP contribution in [0.5, 0.6) is 0 Å². The van der Waals surface area contributed by atoms with E-state index in [0.29, 0.717) is 37.3 Å². The minimum absolute atomic E-state index is 0.462. The minimum atomic E-state index is 0.462. The molecule has 1 saturated heterocycles. The number of hydrogen-bond acceptors (Lipinski definition) is 6. The molecule has 1 atom stereocenters. The summed E-state index contributed by atoms with van der Waals surface area (Å²) in [5.74, 6) is 1.36. The van der Waals surface area contributed by atoms with Gasteiger partial charge in [0, 0.05) is 26.2 Å². The summed E-state index contributed by atoms with van der Waals surface area (Å²) in [5.41, 5.74) is 0. The second-order valence-corrected chi connectivity index (χ2v) is 4.28. The molecule has 2 heterocycles. The van der Waals surface area contributed by atoms with E-state index in [2.05, 4.69) is 22.1 Å². The number of ether oxygens (including phenoxy) is 2. The Morgan fingerprint density at radius 2 is 2.41 bits per heavy atom. The van der Waals surface area contributed by atoms with Crippen LogP contribution < -0.4 is 0 Å². The van der Waals surface area contributed by atoms with Gasteiger partial charge in [-0.05, 0) is 13.5 Å². The van der Waals surface area contributed by atoms with Gasteiger partial charge in [-0.3, -0.25) is 4.90 Å². The van der Waals surface area contributed by atoms with Crippen molar-refractivity contribution in [2.24, 2.45) is 0 Å². The quantitative estimate of drug-likeness (QED) is 0.722. The van der Waals surface area contributed by atoms with Crippen LogP contribution in [0.3, 0.4) is 0 Å². The second-order valence-electron chi connectivity index (χ2n) is 4.28. The van der Waals surface area contributed by atoms with Crippen molar-refractivity contribution in [2.75, 3.05) is 34.0 Å². The molecule has 2 rings (SSSR count). The highest BCUT2D eigenvalue weighted by Gasteiger charge is 2.21. The first-order valence-corrected chi connectivity index (χ1v) is 5.88. The summed E-state index contributed by atoms with van der Waals surface area (Å²) >= 11 is 0. The maximum absolute atomic E-state index is 5.35. The smallest absolute Gasteiger partial charge is 0.240 e. The van der Waals surface area contributed by atoms with Gasteiger partial charge in [0.25, 0.3) is 0 Å². The molecular weight excluding hydrogens is 222 g/mol. The van der Waals surface area contributed by atoms with Crippen LogP contribution in [0.2, 0.25) is 0 Å². The molecule has 0 spiro atoms. The van der Waals surface area contributed by atoms with E-state index in [9.17, 15) is 0 Å². The number of methoxy groups -OCH3 is 1. The third kappa shape index (κ3) is 3.49. The van der Waals surface area contributed by atoms with Gasteiger partial charge in [0.05, 0.1) is 19.8 Å². The molecule has 1 aromatic heterocycles. The fourth-order valence-corrected chi connectivity index (χ4v) is 1.86. The van der Waals surface area contributed by atoms with Crippen LogP contribution in [0.25, 0.3) is 0 Å². The summed E-state index contributed by atoms with van der Waals surface area (Å²) < 4.78 is 15.5. The van der Waals surface area contributed by atoms with E-state index >= 15 is 0 Å². The molecule has 1 aliphatic heterocycles. The van der Waals surface area contributed by atoms with Gasteiger partial charge < -0.3 is 14.0 Å². The summed E-state index contributed by atoms with van der Waals surface area (Å²) in [6.45, 7) is 2.93. The van der Waals surface area contributed by atoms with Gasteiger partial charge >= 0.3 is 0 Å². The lowest BCUT2D eigenvalue weighted by molar-refractivity contribution is 0.148. The monoisotopic (exact) mass is 241 g/mol. The Morgan fingerprint density at radius 3 is 3.12 bits per heavy atom. The van der Waals surface area contributed by atoms with Gasteiger partial charge in [0.2, 0.25) is 5.89 Å². The highest BCUT2D eigenvalue weighted by atomic mass is 16.5. The Kier molecular flexibility index (Phi) is 4.47. The summed E-state index contributed by atoms with van der Waals surface area (Å²) in [6.07, 6.45) is 1.76. The molecule has 0 aliphatic carbocycles. The standard InChI is InChI=1S/C11H19N3O3/c1-14(9-3-6-16-8-9)7-11-12-10(13-17-11)4-5-15-2/h9H,3-8H2,1-2H3/t9-/m0/s1. The van der Waals surface area contributed by atoms with Crippen LogP contribution in [0.15, 0.2) is 4.52 Å². The molecule has 1 aromatic rings. The zero-order chi connectivity index (χ0) is 12.1. The van der Waals surface area contributed by atoms with Gasteiger partial charge in [-0.25, -0.2) is 0 Å². The molecule has 6 nitrogen and oxygen atoms in total. The van der Waals surface area contributed by atoms with Crippen molar-refractivity contribution >= 4 is 0 Å². The molecule has 17 heavy (non-hydrogen) atoms. The zero-order valence-corrected chi connectivity index (χ0v) is 10.4. The molecular formula is C11H19N3O3. The van der Waals surface area contributed by atoms with Crippen molar-refractivity contribution < 1.29 is 14.0 Å². The average Bonchev–Trinajstić information content (AvgIpc) is 2.97.